The first-order valence-corrected chi connectivity index (χ1v) is 10.5. The van der Waals surface area contributed by atoms with Crippen LogP contribution in [0.25, 0.3) is 33.4 Å². The van der Waals surface area contributed by atoms with E-state index in [1.807, 2.05) is 42.8 Å². The van der Waals surface area contributed by atoms with Gasteiger partial charge in [-0.05, 0) is 42.7 Å². The van der Waals surface area contributed by atoms with E-state index in [9.17, 15) is 5.26 Å². The number of fused-ring (bicyclic) bond motifs is 1. The average molecular weight is 458 g/mol. The van der Waals surface area contributed by atoms with Crippen LogP contribution in [0.1, 0.15) is 17.0 Å². The van der Waals surface area contributed by atoms with E-state index in [1.165, 1.54) is 6.33 Å². The van der Waals surface area contributed by atoms with Crippen LogP contribution in [-0.2, 0) is 7.05 Å². The molecule has 0 spiro atoms. The third-order valence-electron chi connectivity index (χ3n) is 5.54. The monoisotopic (exact) mass is 458 g/mol. The highest BCUT2D eigenvalue weighted by atomic mass is 16.5. The Kier molecular flexibility index (Phi) is 5.28. The average Bonchev–Trinajstić information content (AvgIpc) is 3.17. The molecule has 5 rings (SSSR count). The van der Waals surface area contributed by atoms with E-state index in [1.54, 1.807) is 24.5 Å². The molecule has 0 bridgehead atoms. The van der Waals surface area contributed by atoms with Gasteiger partial charge in [-0.3, -0.25) is 0 Å². The number of anilines is 1. The van der Waals surface area contributed by atoms with Crippen LogP contribution < -0.4 is 10.5 Å². The Morgan fingerprint density at radius 2 is 1.86 bits per heavy atom. The summed E-state index contributed by atoms with van der Waals surface area (Å²) in [7, 11) is 1.88. The Balaban J connectivity index is 1.68. The summed E-state index contributed by atoms with van der Waals surface area (Å²) in [6, 6.07) is 13.4. The summed E-state index contributed by atoms with van der Waals surface area (Å²) < 4.78 is 7.70. The summed E-state index contributed by atoms with van der Waals surface area (Å²) in [6.45, 7) is 1.87. The van der Waals surface area contributed by atoms with Crippen molar-refractivity contribution in [1.29, 1.82) is 5.26 Å². The number of nitriles is 1. The maximum absolute atomic E-state index is 9.57. The normalized spacial score (nSPS) is 10.6. The molecule has 9 heteroatoms. The molecule has 0 unspecified atom stereocenters. The summed E-state index contributed by atoms with van der Waals surface area (Å²) >= 11 is 0. The lowest BCUT2D eigenvalue weighted by atomic mass is 9.98. The highest BCUT2D eigenvalue weighted by Gasteiger charge is 2.22. The number of hydrogen-bond donors (Lipinski definition) is 1. The van der Waals surface area contributed by atoms with E-state index >= 15 is 0 Å². The number of hydrogen-bond acceptors (Lipinski definition) is 8. The lowest BCUT2D eigenvalue weighted by Crippen LogP contribution is -1.97. The van der Waals surface area contributed by atoms with Gasteiger partial charge in [0.1, 0.15) is 35.3 Å². The third kappa shape index (κ3) is 3.77. The number of ether oxygens (including phenoxy) is 1. The van der Waals surface area contributed by atoms with Crippen molar-refractivity contribution in [3.63, 3.8) is 0 Å². The predicted octanol–water partition coefficient (Wildman–Crippen LogP) is 4.02. The zero-order chi connectivity index (χ0) is 24.5. The summed E-state index contributed by atoms with van der Waals surface area (Å²) in [5, 5.41) is 10.3. The molecule has 0 atom stereocenters. The number of aryl methyl sites for hydroxylation is 2. The van der Waals surface area contributed by atoms with Crippen molar-refractivity contribution >= 4 is 16.9 Å². The Labute approximate surface area is 200 Å². The molecule has 4 aromatic heterocycles. The predicted molar refractivity (Wildman–Crippen MR) is 131 cm³/mol. The molecule has 1 aromatic carbocycles. The molecule has 9 nitrogen and oxygen atoms in total. The molecule has 0 saturated heterocycles. The van der Waals surface area contributed by atoms with Crippen molar-refractivity contribution in [2.24, 2.45) is 7.05 Å². The molecule has 0 aliphatic heterocycles. The van der Waals surface area contributed by atoms with Crippen molar-refractivity contribution < 1.29 is 4.74 Å². The van der Waals surface area contributed by atoms with E-state index < -0.39 is 0 Å². The van der Waals surface area contributed by atoms with Gasteiger partial charge in [0.25, 0.3) is 0 Å². The lowest BCUT2D eigenvalue weighted by molar-refractivity contribution is 0.440. The molecule has 0 amide bonds. The molecule has 0 radical (unpaired) electrons. The van der Waals surface area contributed by atoms with Gasteiger partial charge in [-0.25, -0.2) is 24.9 Å². The van der Waals surface area contributed by atoms with Crippen LogP contribution in [-0.4, -0.2) is 29.5 Å². The molecule has 2 N–H and O–H groups in total. The minimum absolute atomic E-state index is 0.268. The lowest BCUT2D eigenvalue weighted by Gasteiger charge is -2.10. The largest absolute Gasteiger partial charge is 0.424 e. The van der Waals surface area contributed by atoms with Crippen LogP contribution in [0.15, 0.2) is 55.1 Å². The summed E-state index contributed by atoms with van der Waals surface area (Å²) in [6.07, 6.45) is 10.2. The number of nitrogens with zero attached hydrogens (tertiary/aromatic N) is 7. The number of rotatable bonds is 4. The number of benzene rings is 1. The quantitative estimate of drug-likeness (QED) is 0.400. The summed E-state index contributed by atoms with van der Waals surface area (Å²) in [4.78, 5) is 21.4. The second kappa shape index (κ2) is 8.58. The molecule has 0 fully saturated rings. The van der Waals surface area contributed by atoms with Crippen molar-refractivity contribution in [2.75, 3.05) is 5.73 Å². The highest BCUT2D eigenvalue weighted by molar-refractivity contribution is 6.07. The number of nitrogen functional groups attached to an aromatic ring is 1. The SMILES string of the molecule is C#Cc1ncc(-c2c(-c3ccc(Oc4nccc(C)n4)cc3)c3c(N)ncnc3n2C)cc1C#N. The minimum Gasteiger partial charge on any atom is -0.424 e. The molecule has 0 saturated carbocycles. The zero-order valence-corrected chi connectivity index (χ0v) is 18.9. The van der Waals surface area contributed by atoms with Crippen molar-refractivity contribution in [3.8, 4) is 52.6 Å². The maximum Gasteiger partial charge on any atom is 0.322 e. The van der Waals surface area contributed by atoms with Crippen LogP contribution in [0.5, 0.6) is 11.8 Å². The van der Waals surface area contributed by atoms with Crippen LogP contribution in [0.3, 0.4) is 0 Å². The molecule has 5 aromatic rings. The van der Waals surface area contributed by atoms with E-state index in [0.717, 1.165) is 22.5 Å². The van der Waals surface area contributed by atoms with Gasteiger partial charge < -0.3 is 15.0 Å². The summed E-state index contributed by atoms with van der Waals surface area (Å²) in [5.74, 6) is 3.37. The van der Waals surface area contributed by atoms with Gasteiger partial charge in [0, 0.05) is 36.3 Å². The van der Waals surface area contributed by atoms with Gasteiger partial charge >= 0.3 is 6.01 Å². The van der Waals surface area contributed by atoms with Gasteiger partial charge in [0.05, 0.1) is 16.6 Å². The van der Waals surface area contributed by atoms with Gasteiger partial charge in [-0.1, -0.05) is 12.1 Å². The smallest absolute Gasteiger partial charge is 0.322 e. The Hall–Kier alpha value is -5.28. The Morgan fingerprint density at radius 1 is 1.06 bits per heavy atom. The van der Waals surface area contributed by atoms with Gasteiger partial charge in [0.15, 0.2) is 0 Å². The Morgan fingerprint density at radius 3 is 2.57 bits per heavy atom. The molecule has 35 heavy (non-hydrogen) atoms. The standard InChI is InChI=1S/C26H18N8O/c1-4-20-17(12-27)11-18(13-30-20)23-21(22-24(28)31-14-32-25(22)34(23)3)16-5-7-19(8-6-16)35-26-29-10-9-15(2)33-26/h1,5-11,13-14H,2-3H3,(H2,28,31,32). The van der Waals surface area contributed by atoms with E-state index in [4.69, 9.17) is 16.9 Å². The minimum atomic E-state index is 0.268. The van der Waals surface area contributed by atoms with Crippen molar-refractivity contribution in [1.82, 2.24) is 29.5 Å². The molecular weight excluding hydrogens is 440 g/mol. The van der Waals surface area contributed by atoms with E-state index in [-0.39, 0.29) is 11.7 Å². The fraction of sp³-hybridized carbons (Fsp3) is 0.0769. The van der Waals surface area contributed by atoms with Crippen LogP contribution in [0, 0.1) is 30.6 Å². The second-order valence-electron chi connectivity index (χ2n) is 7.72. The van der Waals surface area contributed by atoms with Gasteiger partial charge in [-0.2, -0.15) is 5.26 Å². The highest BCUT2D eigenvalue weighted by Crippen LogP contribution is 2.42. The molecule has 4 heterocycles. The second-order valence-corrected chi connectivity index (χ2v) is 7.72. The summed E-state index contributed by atoms with van der Waals surface area (Å²) in [5.41, 5.74) is 11.5. The molecule has 168 valence electrons. The zero-order valence-electron chi connectivity index (χ0n) is 18.9. The fourth-order valence-electron chi connectivity index (χ4n) is 3.96. The number of pyridine rings is 1. The van der Waals surface area contributed by atoms with Crippen LogP contribution in [0.2, 0.25) is 0 Å². The first kappa shape index (κ1) is 21.6. The Bertz CT molecular complexity index is 1670. The van der Waals surface area contributed by atoms with Gasteiger partial charge in [0.2, 0.25) is 0 Å². The number of aromatic nitrogens is 6. The molecule has 0 aliphatic carbocycles. The number of terminal acetylenes is 1. The topological polar surface area (TPSA) is 128 Å². The van der Waals surface area contributed by atoms with Gasteiger partial charge in [-0.15, -0.1) is 6.42 Å². The van der Waals surface area contributed by atoms with Crippen molar-refractivity contribution in [2.45, 2.75) is 6.92 Å². The molecule has 0 aliphatic rings. The molecular formula is C26H18N8O. The van der Waals surface area contributed by atoms with Crippen LogP contribution >= 0.6 is 0 Å². The van der Waals surface area contributed by atoms with E-state index in [0.29, 0.717) is 33.7 Å². The van der Waals surface area contributed by atoms with Crippen LogP contribution in [0.4, 0.5) is 5.82 Å². The fourth-order valence-corrected chi connectivity index (χ4v) is 3.96. The maximum atomic E-state index is 9.57. The first-order chi connectivity index (χ1) is 17.0. The first-order valence-electron chi connectivity index (χ1n) is 10.5. The van der Waals surface area contributed by atoms with E-state index in [2.05, 4.69) is 36.9 Å². The van der Waals surface area contributed by atoms with Crippen molar-refractivity contribution in [3.05, 3.63) is 72.1 Å². The number of nitrogens with two attached hydrogens (primary N) is 1. The third-order valence-corrected chi connectivity index (χ3v) is 5.54.